The molecule has 0 amide bonds. The lowest BCUT2D eigenvalue weighted by atomic mass is 9.66. The fraction of sp³-hybridized carbons (Fsp3) is 0.391. The Hall–Kier alpha value is -2.50. The summed E-state index contributed by atoms with van der Waals surface area (Å²) >= 11 is 0. The fourth-order valence-corrected chi connectivity index (χ4v) is 3.71. The topological polar surface area (TPSA) is 46.2 Å². The number of hydrogen-bond acceptors (Lipinski definition) is 5. The molecule has 2 aromatic carbocycles. The Kier molecular flexibility index (Phi) is 6.60. The van der Waals surface area contributed by atoms with Gasteiger partial charge in [0, 0.05) is 31.6 Å². The van der Waals surface area contributed by atoms with Gasteiger partial charge >= 0.3 is 0 Å². The van der Waals surface area contributed by atoms with Crippen LogP contribution < -0.4 is 14.2 Å². The maximum Gasteiger partial charge on any atom is 0.188 e. The minimum atomic E-state index is -0.185. The second-order valence-electron chi connectivity index (χ2n) is 7.11. The van der Waals surface area contributed by atoms with E-state index in [1.54, 1.807) is 14.2 Å². The summed E-state index contributed by atoms with van der Waals surface area (Å²) in [6.45, 7) is 7.24. The quantitative estimate of drug-likeness (QED) is 0.465. The molecule has 150 valence electrons. The molecule has 0 bridgehead atoms. The highest BCUT2D eigenvalue weighted by Gasteiger charge is 2.42. The molecular formula is C23H28O5. The van der Waals surface area contributed by atoms with Crippen LogP contribution in [0.25, 0.3) is 0 Å². The smallest absolute Gasteiger partial charge is 0.188 e. The van der Waals surface area contributed by atoms with Gasteiger partial charge in [0.1, 0.15) is 17.2 Å². The molecule has 5 heteroatoms. The zero-order chi connectivity index (χ0) is 20.0. The van der Waals surface area contributed by atoms with Crippen molar-refractivity contribution in [2.24, 2.45) is 0 Å². The van der Waals surface area contributed by atoms with E-state index in [0.717, 1.165) is 29.2 Å². The van der Waals surface area contributed by atoms with Gasteiger partial charge in [0.2, 0.25) is 0 Å². The second kappa shape index (κ2) is 9.13. The maximum absolute atomic E-state index is 6.18. The first kappa shape index (κ1) is 20.2. The first-order valence-electron chi connectivity index (χ1n) is 9.34. The SMILES string of the molecule is C=CCC1c2ccc(OCOC)cc2OC[C@@]1(C)c1ccc(OCOC)cc1. The van der Waals surface area contributed by atoms with Gasteiger partial charge in [-0.1, -0.05) is 31.2 Å². The second-order valence-corrected chi connectivity index (χ2v) is 7.11. The van der Waals surface area contributed by atoms with Crippen LogP contribution in [0.4, 0.5) is 0 Å². The molecule has 0 spiro atoms. The van der Waals surface area contributed by atoms with E-state index in [-0.39, 0.29) is 24.9 Å². The van der Waals surface area contributed by atoms with Gasteiger partial charge in [0.15, 0.2) is 13.6 Å². The number of allylic oxidation sites excluding steroid dienone is 1. The summed E-state index contributed by atoms with van der Waals surface area (Å²) in [4.78, 5) is 0. The molecule has 1 aliphatic rings. The van der Waals surface area contributed by atoms with Gasteiger partial charge < -0.3 is 23.7 Å². The number of ether oxygens (including phenoxy) is 5. The maximum atomic E-state index is 6.18. The number of rotatable bonds is 9. The minimum absolute atomic E-state index is 0.185. The Morgan fingerprint density at radius 1 is 1.04 bits per heavy atom. The van der Waals surface area contributed by atoms with Crippen LogP contribution in [0.1, 0.15) is 30.4 Å². The number of fused-ring (bicyclic) bond motifs is 1. The molecule has 0 aromatic heterocycles. The van der Waals surface area contributed by atoms with E-state index in [4.69, 9.17) is 23.7 Å². The predicted octanol–water partition coefficient (Wildman–Crippen LogP) is 4.66. The minimum Gasteiger partial charge on any atom is -0.492 e. The molecule has 5 nitrogen and oxygen atoms in total. The molecule has 2 atom stereocenters. The van der Waals surface area contributed by atoms with Gasteiger partial charge in [-0.05, 0) is 35.7 Å². The summed E-state index contributed by atoms with van der Waals surface area (Å²) in [6, 6.07) is 14.1. The van der Waals surface area contributed by atoms with Gasteiger partial charge in [0.25, 0.3) is 0 Å². The Labute approximate surface area is 166 Å². The van der Waals surface area contributed by atoms with Crippen LogP contribution in [0.2, 0.25) is 0 Å². The lowest BCUT2D eigenvalue weighted by Gasteiger charge is -2.42. The molecule has 0 radical (unpaired) electrons. The number of benzene rings is 2. The van der Waals surface area contributed by atoms with Crippen LogP contribution >= 0.6 is 0 Å². The van der Waals surface area contributed by atoms with Gasteiger partial charge in [-0.3, -0.25) is 0 Å². The third-order valence-corrected chi connectivity index (χ3v) is 5.26. The number of hydrogen-bond donors (Lipinski definition) is 0. The van der Waals surface area contributed by atoms with Crippen molar-refractivity contribution in [2.45, 2.75) is 24.7 Å². The van der Waals surface area contributed by atoms with Gasteiger partial charge in [-0.25, -0.2) is 0 Å². The van der Waals surface area contributed by atoms with Crippen LogP contribution in [0.5, 0.6) is 17.2 Å². The highest BCUT2D eigenvalue weighted by molar-refractivity contribution is 5.48. The van der Waals surface area contributed by atoms with Crippen molar-refractivity contribution in [1.29, 1.82) is 0 Å². The zero-order valence-electron chi connectivity index (χ0n) is 16.8. The van der Waals surface area contributed by atoms with E-state index in [1.165, 1.54) is 5.56 Å². The Morgan fingerprint density at radius 2 is 1.68 bits per heavy atom. The average molecular weight is 384 g/mol. The summed E-state index contributed by atoms with van der Waals surface area (Å²) in [5.74, 6) is 2.63. The molecule has 0 aliphatic carbocycles. The first-order chi connectivity index (χ1) is 13.6. The highest BCUT2D eigenvalue weighted by Crippen LogP contribution is 2.49. The lowest BCUT2D eigenvalue weighted by Crippen LogP contribution is -2.40. The van der Waals surface area contributed by atoms with Crippen molar-refractivity contribution >= 4 is 0 Å². The third kappa shape index (κ3) is 4.16. The van der Waals surface area contributed by atoms with E-state index in [2.05, 4.69) is 31.7 Å². The Balaban J connectivity index is 1.90. The van der Waals surface area contributed by atoms with Crippen molar-refractivity contribution in [1.82, 2.24) is 0 Å². The lowest BCUT2D eigenvalue weighted by molar-refractivity contribution is 0.0505. The third-order valence-electron chi connectivity index (χ3n) is 5.26. The average Bonchev–Trinajstić information content (AvgIpc) is 2.73. The van der Waals surface area contributed by atoms with Gasteiger partial charge in [-0.15, -0.1) is 6.58 Å². The van der Waals surface area contributed by atoms with E-state index >= 15 is 0 Å². The van der Waals surface area contributed by atoms with Crippen molar-refractivity contribution in [3.63, 3.8) is 0 Å². The molecule has 0 N–H and O–H groups in total. The Bertz CT molecular complexity index is 786. The molecule has 0 saturated carbocycles. The van der Waals surface area contributed by atoms with Crippen LogP contribution in [-0.2, 0) is 14.9 Å². The standard InChI is InChI=1S/C23H28O5/c1-5-6-21-20-12-11-19(28-16-25-4)13-22(20)26-14-23(21,2)17-7-9-18(10-8-17)27-15-24-3/h5,7-13,21H,1,6,14-16H2,2-4H3/t21?,23-/m0/s1. The van der Waals surface area contributed by atoms with Gasteiger partial charge in [-0.2, -0.15) is 0 Å². The normalized spacial score (nSPS) is 20.8. The van der Waals surface area contributed by atoms with Crippen LogP contribution in [-0.4, -0.2) is 34.4 Å². The van der Waals surface area contributed by atoms with Crippen molar-refractivity contribution in [3.8, 4) is 17.2 Å². The number of methoxy groups -OCH3 is 2. The predicted molar refractivity (Wildman–Crippen MR) is 108 cm³/mol. The first-order valence-corrected chi connectivity index (χ1v) is 9.34. The van der Waals surface area contributed by atoms with E-state index < -0.39 is 0 Å². The summed E-state index contributed by atoms with van der Waals surface area (Å²) in [7, 11) is 3.21. The highest BCUT2D eigenvalue weighted by atomic mass is 16.7. The molecule has 2 aromatic rings. The van der Waals surface area contributed by atoms with Crippen molar-refractivity contribution < 1.29 is 23.7 Å². The summed E-state index contributed by atoms with van der Waals surface area (Å²) < 4.78 is 27.2. The zero-order valence-corrected chi connectivity index (χ0v) is 16.8. The molecule has 1 unspecified atom stereocenters. The fourth-order valence-electron chi connectivity index (χ4n) is 3.71. The van der Waals surface area contributed by atoms with Crippen LogP contribution in [0, 0.1) is 0 Å². The monoisotopic (exact) mass is 384 g/mol. The molecule has 28 heavy (non-hydrogen) atoms. The molecular weight excluding hydrogens is 356 g/mol. The molecule has 0 saturated heterocycles. The van der Waals surface area contributed by atoms with Crippen LogP contribution in [0.15, 0.2) is 55.1 Å². The van der Waals surface area contributed by atoms with Gasteiger partial charge in [0.05, 0.1) is 6.61 Å². The van der Waals surface area contributed by atoms with Crippen LogP contribution in [0.3, 0.4) is 0 Å². The molecule has 0 fully saturated rings. The summed E-state index contributed by atoms with van der Waals surface area (Å²) in [5.41, 5.74) is 2.18. The summed E-state index contributed by atoms with van der Waals surface area (Å²) in [6.07, 6.45) is 2.83. The molecule has 1 heterocycles. The van der Waals surface area contributed by atoms with E-state index in [1.807, 2.05) is 30.3 Å². The Morgan fingerprint density at radius 3 is 2.32 bits per heavy atom. The van der Waals surface area contributed by atoms with E-state index in [9.17, 15) is 0 Å². The molecule has 3 rings (SSSR count). The summed E-state index contributed by atoms with van der Waals surface area (Å²) in [5, 5.41) is 0. The van der Waals surface area contributed by atoms with Crippen molar-refractivity contribution in [3.05, 3.63) is 66.2 Å². The molecule has 1 aliphatic heterocycles. The van der Waals surface area contributed by atoms with E-state index in [0.29, 0.717) is 6.61 Å². The van der Waals surface area contributed by atoms with Crippen molar-refractivity contribution in [2.75, 3.05) is 34.4 Å². The largest absolute Gasteiger partial charge is 0.492 e.